The fraction of sp³-hybridized carbons (Fsp3) is 0. The van der Waals surface area contributed by atoms with Gasteiger partial charge in [-0.2, -0.15) is 0 Å². The van der Waals surface area contributed by atoms with Gasteiger partial charge < -0.3 is 19.8 Å². The number of carboxylic acid groups (broad SMARTS) is 2. The number of carbonyl (C=O) groups excluding carboxylic acids is 2. The van der Waals surface area contributed by atoms with Gasteiger partial charge in [0.15, 0.2) is 0 Å². The van der Waals surface area contributed by atoms with Crippen LogP contribution >= 0.6 is 0 Å². The second-order valence-electron chi connectivity index (χ2n) is 2.46. The van der Waals surface area contributed by atoms with Gasteiger partial charge in [-0.1, -0.05) is 23.3 Å². The summed E-state index contributed by atoms with van der Waals surface area (Å²) >= 11 is 0. The van der Waals surface area contributed by atoms with Crippen molar-refractivity contribution in [2.24, 2.45) is 5.11 Å². The number of hydrogen-bond acceptors (Lipinski definition) is 5. The molecule has 0 bridgehead atoms. The van der Waals surface area contributed by atoms with Gasteiger partial charge >= 0.3 is 0 Å². The minimum atomic E-state index is -1.74. The molecule has 0 spiro atoms. The molecule has 0 heterocycles. The maximum Gasteiger partial charge on any atom is 0.0726 e. The van der Waals surface area contributed by atoms with E-state index >= 15 is 0 Å². The van der Waals surface area contributed by atoms with Crippen LogP contribution in [0, 0.1) is 0 Å². The predicted molar refractivity (Wildman–Crippen MR) is 43.9 cm³/mol. The van der Waals surface area contributed by atoms with E-state index in [0.29, 0.717) is 0 Å². The molecule has 7 heteroatoms. The van der Waals surface area contributed by atoms with Gasteiger partial charge in [0.1, 0.15) is 0 Å². The highest BCUT2D eigenvalue weighted by Gasteiger charge is 2.08. The average Bonchev–Trinajstić information content (AvgIpc) is 2.17. The molecule has 0 radical (unpaired) electrons. The average molecular weight is 205 g/mol. The summed E-state index contributed by atoms with van der Waals surface area (Å²) in [7, 11) is 0. The Kier molecular flexibility index (Phi) is 2.90. The lowest BCUT2D eigenvalue weighted by Crippen LogP contribution is -2.30. The van der Waals surface area contributed by atoms with E-state index in [-0.39, 0.29) is 5.69 Å². The van der Waals surface area contributed by atoms with Crippen LogP contribution in [0.25, 0.3) is 10.4 Å². The van der Waals surface area contributed by atoms with Gasteiger partial charge in [-0.15, -0.1) is 0 Å². The molecule has 76 valence electrons. The lowest BCUT2D eigenvalue weighted by Gasteiger charge is -2.13. The zero-order valence-electron chi connectivity index (χ0n) is 7.21. The molecule has 0 saturated carbocycles. The Hall–Kier alpha value is -2.53. The molecule has 0 saturated heterocycles. The highest BCUT2D eigenvalue weighted by molar-refractivity contribution is 6.03. The highest BCUT2D eigenvalue weighted by atomic mass is 16.4. The standard InChI is InChI=1S/C8H5N3O4/c9-11-10-5-3-1-2-4(7(12)13)6(5)8(14)15/h1-3H,(H,12,13)(H,14,15)/p-2. The predicted octanol–water partition coefficient (Wildman–Crippen LogP) is -0.645. The third-order valence-electron chi connectivity index (χ3n) is 1.62. The molecular formula is C8H3N3O4-2. The molecule has 15 heavy (non-hydrogen) atoms. The minimum absolute atomic E-state index is 0.320. The number of nitrogens with zero attached hydrogens (tertiary/aromatic N) is 3. The molecular weight excluding hydrogens is 202 g/mol. The van der Waals surface area contributed by atoms with Gasteiger partial charge in [-0.25, -0.2) is 0 Å². The van der Waals surface area contributed by atoms with Crippen LogP contribution in [0.5, 0.6) is 0 Å². The number of hydrogen-bond donors (Lipinski definition) is 0. The highest BCUT2D eigenvalue weighted by Crippen LogP contribution is 2.22. The zero-order chi connectivity index (χ0) is 11.4. The smallest absolute Gasteiger partial charge is 0.0726 e. The molecule has 0 aromatic heterocycles. The van der Waals surface area contributed by atoms with E-state index in [1.165, 1.54) is 6.07 Å². The Morgan fingerprint density at radius 1 is 1.27 bits per heavy atom. The molecule has 0 fully saturated rings. The van der Waals surface area contributed by atoms with E-state index in [9.17, 15) is 19.8 Å². The first-order valence-corrected chi connectivity index (χ1v) is 3.68. The molecule has 0 aliphatic heterocycles. The summed E-state index contributed by atoms with van der Waals surface area (Å²) in [5.74, 6) is -3.42. The summed E-state index contributed by atoms with van der Waals surface area (Å²) < 4.78 is 0. The van der Waals surface area contributed by atoms with E-state index in [1.54, 1.807) is 0 Å². The quantitative estimate of drug-likeness (QED) is 0.368. The van der Waals surface area contributed by atoms with Crippen molar-refractivity contribution in [1.29, 1.82) is 0 Å². The lowest BCUT2D eigenvalue weighted by atomic mass is 10.1. The monoisotopic (exact) mass is 205 g/mol. The fourth-order valence-electron chi connectivity index (χ4n) is 1.06. The molecule has 1 aromatic rings. The molecule has 0 N–H and O–H groups in total. The topological polar surface area (TPSA) is 129 Å². The second-order valence-corrected chi connectivity index (χ2v) is 2.46. The van der Waals surface area contributed by atoms with Crippen molar-refractivity contribution in [2.45, 2.75) is 0 Å². The van der Waals surface area contributed by atoms with Gasteiger partial charge in [0.2, 0.25) is 0 Å². The van der Waals surface area contributed by atoms with E-state index in [2.05, 4.69) is 10.0 Å². The lowest BCUT2D eigenvalue weighted by molar-refractivity contribution is -0.259. The van der Waals surface area contributed by atoms with Crippen LogP contribution in [0.4, 0.5) is 5.69 Å². The Morgan fingerprint density at radius 3 is 2.40 bits per heavy atom. The van der Waals surface area contributed by atoms with Crippen LogP contribution in [0.3, 0.4) is 0 Å². The van der Waals surface area contributed by atoms with Crippen molar-refractivity contribution in [2.75, 3.05) is 0 Å². The maximum atomic E-state index is 10.6. The van der Waals surface area contributed by atoms with Crippen LogP contribution in [-0.2, 0) is 0 Å². The fourth-order valence-corrected chi connectivity index (χ4v) is 1.06. The van der Waals surface area contributed by atoms with Gasteiger partial charge in [-0.05, 0) is 5.53 Å². The van der Waals surface area contributed by atoms with Crippen LogP contribution < -0.4 is 10.2 Å². The molecule has 7 nitrogen and oxygen atoms in total. The Labute approximate surface area is 83.2 Å². The number of carboxylic acids is 2. The normalized spacial score (nSPS) is 9.07. The molecule has 0 aliphatic rings. The Bertz CT molecular complexity index is 457. The van der Waals surface area contributed by atoms with E-state index in [4.69, 9.17) is 5.53 Å². The molecule has 0 atom stereocenters. The number of azide groups is 1. The SMILES string of the molecule is [N-]=[N+]=Nc1cccc(C(=O)[O-])c1C(=O)[O-]. The first kappa shape index (κ1) is 10.6. The summed E-state index contributed by atoms with van der Waals surface area (Å²) in [4.78, 5) is 23.6. The first-order valence-electron chi connectivity index (χ1n) is 3.68. The van der Waals surface area contributed by atoms with Crippen LogP contribution in [0.2, 0.25) is 0 Å². The summed E-state index contributed by atoms with van der Waals surface area (Å²) in [5, 5.41) is 24.2. The van der Waals surface area contributed by atoms with Crippen molar-refractivity contribution < 1.29 is 19.8 Å². The third-order valence-corrected chi connectivity index (χ3v) is 1.62. The molecule has 0 amide bonds. The van der Waals surface area contributed by atoms with Crippen LogP contribution in [0.1, 0.15) is 20.7 Å². The van der Waals surface area contributed by atoms with E-state index < -0.39 is 23.1 Å². The number of rotatable bonds is 3. The van der Waals surface area contributed by atoms with Crippen LogP contribution in [-0.4, -0.2) is 11.9 Å². The Balaban J connectivity index is 3.55. The van der Waals surface area contributed by atoms with Gasteiger partial charge in [0.05, 0.1) is 11.9 Å². The van der Waals surface area contributed by atoms with Crippen molar-refractivity contribution in [3.05, 3.63) is 39.8 Å². The summed E-state index contributed by atoms with van der Waals surface area (Å²) in [6.45, 7) is 0. The maximum absolute atomic E-state index is 10.6. The summed E-state index contributed by atoms with van der Waals surface area (Å²) in [6, 6.07) is 3.43. The van der Waals surface area contributed by atoms with Gasteiger partial charge in [0.25, 0.3) is 0 Å². The van der Waals surface area contributed by atoms with Crippen molar-refractivity contribution in [3.63, 3.8) is 0 Å². The first-order chi connectivity index (χ1) is 7.07. The van der Waals surface area contributed by atoms with Gasteiger partial charge in [-0.3, -0.25) is 0 Å². The number of aromatic carboxylic acids is 2. The third kappa shape index (κ3) is 2.04. The Morgan fingerprint density at radius 2 is 1.93 bits per heavy atom. The van der Waals surface area contributed by atoms with E-state index in [1.807, 2.05) is 0 Å². The molecule has 1 aromatic carbocycles. The second kappa shape index (κ2) is 4.12. The number of carbonyl (C=O) groups is 2. The summed E-state index contributed by atoms with van der Waals surface area (Å²) in [6.07, 6.45) is 0. The van der Waals surface area contributed by atoms with Crippen molar-refractivity contribution in [1.82, 2.24) is 0 Å². The number of benzene rings is 1. The summed E-state index contributed by atoms with van der Waals surface area (Å²) in [5.41, 5.74) is 6.55. The largest absolute Gasteiger partial charge is 0.545 e. The van der Waals surface area contributed by atoms with Crippen molar-refractivity contribution in [3.8, 4) is 0 Å². The molecule has 0 aliphatic carbocycles. The molecule has 0 unspecified atom stereocenters. The minimum Gasteiger partial charge on any atom is -0.545 e. The zero-order valence-corrected chi connectivity index (χ0v) is 7.21. The van der Waals surface area contributed by atoms with E-state index in [0.717, 1.165) is 12.1 Å². The van der Waals surface area contributed by atoms with Crippen molar-refractivity contribution >= 4 is 17.6 Å². The van der Waals surface area contributed by atoms with Crippen LogP contribution in [0.15, 0.2) is 23.3 Å². The molecule has 1 rings (SSSR count). The van der Waals surface area contributed by atoms with Gasteiger partial charge in [0, 0.05) is 21.7 Å².